The lowest BCUT2D eigenvalue weighted by Crippen LogP contribution is -2.15. The second kappa shape index (κ2) is 12.7. The van der Waals surface area contributed by atoms with Crippen LogP contribution in [0.25, 0.3) is 0 Å². The molecule has 0 saturated heterocycles. The van der Waals surface area contributed by atoms with E-state index in [9.17, 15) is 0 Å². The number of rotatable bonds is 7. The van der Waals surface area contributed by atoms with Crippen LogP contribution >= 0.6 is 0 Å². The molecule has 0 heterocycles. The Balaban J connectivity index is 0.000000399. The van der Waals surface area contributed by atoms with Crippen LogP contribution in [0.15, 0.2) is 30.3 Å². The standard InChI is InChI=1S/C10H14S2.C5H13NO/c1-3-12(11)9(2)10-7-5-4-6-8-10;1-2-3-4-6-5-7/h4-9H,3H2,1-2H3;6-7H,2-5H2,1H3. The molecule has 2 atom stereocenters. The Bertz CT molecular complexity index is 326. The number of unbranched alkanes of at least 4 members (excludes halogenated alkanes) is 1. The van der Waals surface area contributed by atoms with Crippen molar-refractivity contribution in [3.05, 3.63) is 35.9 Å². The van der Waals surface area contributed by atoms with Crippen LogP contribution in [0, 0.1) is 0 Å². The second-order valence-corrected chi connectivity index (χ2v) is 7.56. The molecule has 0 fully saturated rings. The lowest BCUT2D eigenvalue weighted by Gasteiger charge is -2.12. The molecule has 2 unspecified atom stereocenters. The average molecular weight is 302 g/mol. The molecule has 0 spiro atoms. The van der Waals surface area contributed by atoms with Crippen molar-refractivity contribution in [2.24, 2.45) is 0 Å². The molecular formula is C15H27NOS2. The van der Waals surface area contributed by atoms with E-state index in [0.717, 1.165) is 18.7 Å². The van der Waals surface area contributed by atoms with Gasteiger partial charge in [0, 0.05) is 5.25 Å². The van der Waals surface area contributed by atoms with Crippen LogP contribution in [-0.2, 0) is 20.6 Å². The summed E-state index contributed by atoms with van der Waals surface area (Å²) >= 11 is 5.37. The van der Waals surface area contributed by atoms with Gasteiger partial charge in [-0.05, 0) is 31.2 Å². The quantitative estimate of drug-likeness (QED) is 0.599. The van der Waals surface area contributed by atoms with Gasteiger partial charge in [-0.25, -0.2) is 0 Å². The molecule has 0 aliphatic rings. The van der Waals surface area contributed by atoms with E-state index in [1.165, 1.54) is 12.0 Å². The van der Waals surface area contributed by atoms with Crippen molar-refractivity contribution in [3.63, 3.8) is 0 Å². The maximum Gasteiger partial charge on any atom is 0.0931 e. The number of aliphatic hydroxyl groups excluding tert-OH is 1. The minimum atomic E-state index is 0.111. The summed E-state index contributed by atoms with van der Waals surface area (Å²) in [6.07, 6.45) is 2.34. The molecule has 1 aromatic carbocycles. The van der Waals surface area contributed by atoms with Gasteiger partial charge in [0.15, 0.2) is 0 Å². The highest BCUT2D eigenvalue weighted by Crippen LogP contribution is 2.18. The van der Waals surface area contributed by atoms with Crippen molar-refractivity contribution < 1.29 is 5.11 Å². The van der Waals surface area contributed by atoms with Gasteiger partial charge in [0.25, 0.3) is 0 Å². The highest BCUT2D eigenvalue weighted by Gasteiger charge is 2.06. The summed E-state index contributed by atoms with van der Waals surface area (Å²) < 4.78 is 0. The molecule has 1 aromatic rings. The Morgan fingerprint density at radius 3 is 2.37 bits per heavy atom. The first-order valence-corrected chi connectivity index (χ1v) is 9.29. The van der Waals surface area contributed by atoms with E-state index in [1.54, 1.807) is 0 Å². The van der Waals surface area contributed by atoms with E-state index in [1.807, 2.05) is 6.07 Å². The normalized spacial score (nSPS) is 13.3. The fraction of sp³-hybridized carbons (Fsp3) is 0.600. The minimum absolute atomic E-state index is 0.111. The van der Waals surface area contributed by atoms with Crippen LogP contribution in [-0.4, -0.2) is 24.1 Å². The number of benzene rings is 1. The molecule has 0 aliphatic carbocycles. The van der Waals surface area contributed by atoms with Crippen LogP contribution < -0.4 is 5.32 Å². The minimum Gasteiger partial charge on any atom is -0.381 e. The van der Waals surface area contributed by atoms with Crippen molar-refractivity contribution >= 4 is 20.6 Å². The van der Waals surface area contributed by atoms with Gasteiger partial charge in [-0.15, -0.1) is 9.45 Å². The molecule has 2 N–H and O–H groups in total. The van der Waals surface area contributed by atoms with Gasteiger partial charge in [-0.2, -0.15) is 0 Å². The molecule has 110 valence electrons. The van der Waals surface area contributed by atoms with Gasteiger partial charge in [0.2, 0.25) is 0 Å². The summed E-state index contributed by atoms with van der Waals surface area (Å²) in [5, 5.41) is 11.5. The largest absolute Gasteiger partial charge is 0.381 e. The maximum absolute atomic E-state index is 8.18. The van der Waals surface area contributed by atoms with E-state index in [4.69, 9.17) is 16.3 Å². The second-order valence-electron chi connectivity index (χ2n) is 4.23. The summed E-state index contributed by atoms with van der Waals surface area (Å²) in [4.78, 5) is 0. The summed E-state index contributed by atoms with van der Waals surface area (Å²) in [5.41, 5.74) is 1.37. The Kier molecular flexibility index (Phi) is 12.5. The highest BCUT2D eigenvalue weighted by molar-refractivity contribution is 8.28. The number of hydrogen-bond donors (Lipinski definition) is 2. The Hall–Kier alpha value is -0.290. The van der Waals surface area contributed by atoms with Gasteiger partial charge >= 0.3 is 0 Å². The molecule has 19 heavy (non-hydrogen) atoms. The monoisotopic (exact) mass is 301 g/mol. The first-order valence-electron chi connectivity index (χ1n) is 6.91. The predicted molar refractivity (Wildman–Crippen MR) is 90.1 cm³/mol. The number of hydrogen-bond acceptors (Lipinski definition) is 3. The van der Waals surface area contributed by atoms with E-state index >= 15 is 0 Å². The molecule has 0 bridgehead atoms. The fourth-order valence-corrected chi connectivity index (χ4v) is 2.80. The van der Waals surface area contributed by atoms with Gasteiger partial charge in [-0.1, -0.05) is 61.8 Å². The highest BCUT2D eigenvalue weighted by atomic mass is 32.8. The van der Waals surface area contributed by atoms with Crippen molar-refractivity contribution in [1.29, 1.82) is 0 Å². The van der Waals surface area contributed by atoms with Gasteiger partial charge < -0.3 is 5.11 Å². The van der Waals surface area contributed by atoms with Crippen LogP contribution in [0.4, 0.5) is 0 Å². The molecule has 1 rings (SSSR count). The molecular weight excluding hydrogens is 274 g/mol. The van der Waals surface area contributed by atoms with Crippen LogP contribution in [0.3, 0.4) is 0 Å². The Labute approximate surface area is 125 Å². The number of aliphatic hydroxyl groups is 1. The molecule has 2 nitrogen and oxygen atoms in total. The Morgan fingerprint density at radius 2 is 1.89 bits per heavy atom. The Morgan fingerprint density at radius 1 is 1.26 bits per heavy atom. The van der Waals surface area contributed by atoms with Crippen molar-refractivity contribution in [3.8, 4) is 0 Å². The molecule has 0 aromatic heterocycles. The van der Waals surface area contributed by atoms with E-state index in [2.05, 4.69) is 50.4 Å². The molecule has 0 radical (unpaired) electrons. The number of nitrogens with one attached hydrogen (secondary N) is 1. The zero-order valence-corrected chi connectivity index (χ0v) is 13.9. The topological polar surface area (TPSA) is 32.3 Å². The zero-order chi connectivity index (χ0) is 14.5. The third-order valence-corrected chi connectivity index (χ3v) is 5.97. The van der Waals surface area contributed by atoms with Crippen LogP contribution in [0.1, 0.15) is 44.4 Å². The third-order valence-electron chi connectivity index (χ3n) is 2.77. The van der Waals surface area contributed by atoms with E-state index < -0.39 is 0 Å². The van der Waals surface area contributed by atoms with Crippen molar-refractivity contribution in [2.45, 2.75) is 38.9 Å². The summed E-state index contributed by atoms with van der Waals surface area (Å²) in [7, 11) is 0.111. The SMILES string of the molecule is CCCCNCO.CCS(=S)C(C)c1ccccc1. The summed E-state index contributed by atoms with van der Waals surface area (Å²) in [6.45, 7) is 7.55. The summed E-state index contributed by atoms with van der Waals surface area (Å²) in [6, 6.07) is 10.5. The van der Waals surface area contributed by atoms with E-state index in [-0.39, 0.29) is 16.2 Å². The van der Waals surface area contributed by atoms with Gasteiger partial charge in [-0.3, -0.25) is 5.32 Å². The molecule has 0 amide bonds. The third kappa shape index (κ3) is 9.27. The fourth-order valence-electron chi connectivity index (χ4n) is 1.51. The van der Waals surface area contributed by atoms with E-state index in [0.29, 0.717) is 5.25 Å². The molecule has 4 heteroatoms. The average Bonchev–Trinajstić information content (AvgIpc) is 2.48. The lowest BCUT2D eigenvalue weighted by atomic mass is 10.2. The smallest absolute Gasteiger partial charge is 0.0931 e. The maximum atomic E-state index is 8.18. The van der Waals surface area contributed by atoms with Gasteiger partial charge in [0.1, 0.15) is 0 Å². The van der Waals surface area contributed by atoms with Crippen LogP contribution in [0.2, 0.25) is 0 Å². The van der Waals surface area contributed by atoms with Crippen molar-refractivity contribution in [1.82, 2.24) is 5.32 Å². The summed E-state index contributed by atoms with van der Waals surface area (Å²) in [5.74, 6) is 1.10. The molecule has 0 saturated carbocycles. The van der Waals surface area contributed by atoms with Crippen LogP contribution in [0.5, 0.6) is 0 Å². The lowest BCUT2D eigenvalue weighted by molar-refractivity contribution is 0.260. The first kappa shape index (κ1) is 18.7. The predicted octanol–water partition coefficient (Wildman–Crippen LogP) is 3.17. The molecule has 0 aliphatic heterocycles. The van der Waals surface area contributed by atoms with Gasteiger partial charge in [0.05, 0.1) is 6.73 Å². The zero-order valence-electron chi connectivity index (χ0n) is 12.3. The first-order chi connectivity index (χ1) is 9.17. The van der Waals surface area contributed by atoms with Crippen molar-refractivity contribution in [2.75, 3.05) is 19.0 Å².